The van der Waals surface area contributed by atoms with E-state index in [-0.39, 0.29) is 17.7 Å². The van der Waals surface area contributed by atoms with Crippen molar-refractivity contribution in [2.75, 3.05) is 11.9 Å². The predicted molar refractivity (Wildman–Crippen MR) is 62.8 cm³/mol. The molecule has 0 aliphatic carbocycles. The molecule has 1 aromatic carbocycles. The number of hydrogen-bond acceptors (Lipinski definition) is 3. The molecule has 0 amide bonds. The highest BCUT2D eigenvalue weighted by Crippen LogP contribution is 2.21. The van der Waals surface area contributed by atoms with Gasteiger partial charge in [-0.2, -0.15) is 0 Å². The number of carbonyl (C=O) groups is 1. The number of aromatic carboxylic acids is 1. The van der Waals surface area contributed by atoms with Gasteiger partial charge >= 0.3 is 5.97 Å². The smallest absolute Gasteiger partial charge is 0.337 e. The average molecular weight is 223 g/mol. The molecule has 0 spiro atoms. The van der Waals surface area contributed by atoms with Crippen molar-refractivity contribution in [3.63, 3.8) is 0 Å². The molecule has 0 radical (unpaired) electrons. The maximum atomic E-state index is 11.0. The number of rotatable bonds is 5. The lowest BCUT2D eigenvalue weighted by atomic mass is 10.00. The van der Waals surface area contributed by atoms with Crippen LogP contribution in [0.15, 0.2) is 24.3 Å². The number of anilines is 1. The molecule has 0 fully saturated rings. The Labute approximate surface area is 94.9 Å². The second-order valence-corrected chi connectivity index (χ2v) is 4.33. The van der Waals surface area contributed by atoms with Gasteiger partial charge in [-0.3, -0.25) is 0 Å². The largest absolute Gasteiger partial charge is 0.478 e. The van der Waals surface area contributed by atoms with Gasteiger partial charge in [-0.25, -0.2) is 4.79 Å². The SMILES string of the molecule is CC(C)(CCO)Nc1ccccc1C(=O)O. The van der Waals surface area contributed by atoms with Crippen LogP contribution in [0.1, 0.15) is 30.6 Å². The van der Waals surface area contributed by atoms with E-state index in [1.165, 1.54) is 0 Å². The fourth-order valence-electron chi connectivity index (χ4n) is 1.49. The minimum atomic E-state index is -0.956. The Morgan fingerprint density at radius 3 is 2.56 bits per heavy atom. The topological polar surface area (TPSA) is 69.6 Å². The zero-order valence-corrected chi connectivity index (χ0v) is 9.53. The summed E-state index contributed by atoms with van der Waals surface area (Å²) < 4.78 is 0. The third-order valence-corrected chi connectivity index (χ3v) is 2.37. The van der Waals surface area contributed by atoms with Crippen LogP contribution in [0.4, 0.5) is 5.69 Å². The van der Waals surface area contributed by atoms with E-state index in [0.717, 1.165) is 0 Å². The summed E-state index contributed by atoms with van der Waals surface area (Å²) in [4.78, 5) is 11.0. The molecular weight excluding hydrogens is 206 g/mol. The first kappa shape index (κ1) is 12.5. The lowest BCUT2D eigenvalue weighted by Crippen LogP contribution is -2.32. The van der Waals surface area contributed by atoms with Gasteiger partial charge in [-0.05, 0) is 32.4 Å². The highest BCUT2D eigenvalue weighted by atomic mass is 16.4. The molecule has 3 N–H and O–H groups in total. The first-order chi connectivity index (χ1) is 7.46. The summed E-state index contributed by atoms with van der Waals surface area (Å²) in [5, 5.41) is 21.0. The number of nitrogens with one attached hydrogen (secondary N) is 1. The second kappa shape index (κ2) is 4.99. The van der Waals surface area contributed by atoms with Crippen molar-refractivity contribution in [1.82, 2.24) is 0 Å². The maximum Gasteiger partial charge on any atom is 0.337 e. The summed E-state index contributed by atoms with van der Waals surface area (Å²) >= 11 is 0. The Hall–Kier alpha value is -1.55. The first-order valence-corrected chi connectivity index (χ1v) is 5.17. The van der Waals surface area contributed by atoms with E-state index in [1.54, 1.807) is 24.3 Å². The third-order valence-electron chi connectivity index (χ3n) is 2.37. The number of benzene rings is 1. The summed E-state index contributed by atoms with van der Waals surface area (Å²) in [6.07, 6.45) is 0.557. The molecule has 16 heavy (non-hydrogen) atoms. The molecule has 0 bridgehead atoms. The Morgan fingerprint density at radius 1 is 1.38 bits per heavy atom. The van der Waals surface area contributed by atoms with E-state index in [9.17, 15) is 4.79 Å². The van der Waals surface area contributed by atoms with E-state index >= 15 is 0 Å². The minimum absolute atomic E-state index is 0.0647. The molecule has 0 saturated carbocycles. The molecule has 88 valence electrons. The van der Waals surface area contributed by atoms with Crippen LogP contribution in [0.2, 0.25) is 0 Å². The number of aliphatic hydroxyl groups excluding tert-OH is 1. The molecule has 4 heteroatoms. The van der Waals surface area contributed by atoms with Gasteiger partial charge in [-0.1, -0.05) is 12.1 Å². The van der Waals surface area contributed by atoms with Crippen LogP contribution in [0.3, 0.4) is 0 Å². The summed E-state index contributed by atoms with van der Waals surface area (Å²) in [6, 6.07) is 6.75. The van der Waals surface area contributed by atoms with Gasteiger partial charge in [0.1, 0.15) is 0 Å². The average Bonchev–Trinajstić information content (AvgIpc) is 2.17. The third kappa shape index (κ3) is 3.24. The van der Waals surface area contributed by atoms with Crippen molar-refractivity contribution in [1.29, 1.82) is 0 Å². The predicted octanol–water partition coefficient (Wildman–Crippen LogP) is 1.96. The van der Waals surface area contributed by atoms with E-state index in [4.69, 9.17) is 10.2 Å². The van der Waals surface area contributed by atoms with Crippen molar-refractivity contribution in [2.45, 2.75) is 25.8 Å². The molecule has 0 saturated heterocycles. The van der Waals surface area contributed by atoms with Crippen LogP contribution < -0.4 is 5.32 Å². The van der Waals surface area contributed by atoms with Gasteiger partial charge in [-0.15, -0.1) is 0 Å². The standard InChI is InChI=1S/C12H17NO3/c1-12(2,7-8-14)13-10-6-4-3-5-9(10)11(15)16/h3-6,13-14H,7-8H2,1-2H3,(H,15,16). The fraction of sp³-hybridized carbons (Fsp3) is 0.417. The van der Waals surface area contributed by atoms with Crippen LogP contribution in [-0.4, -0.2) is 28.3 Å². The van der Waals surface area contributed by atoms with Crippen molar-refractivity contribution >= 4 is 11.7 Å². The molecule has 4 nitrogen and oxygen atoms in total. The van der Waals surface area contributed by atoms with Crippen LogP contribution in [0.25, 0.3) is 0 Å². The molecule has 0 aromatic heterocycles. The van der Waals surface area contributed by atoms with Gasteiger partial charge in [0.05, 0.1) is 5.56 Å². The molecule has 0 aliphatic rings. The zero-order chi connectivity index (χ0) is 12.2. The molecule has 1 aromatic rings. The number of hydrogen-bond donors (Lipinski definition) is 3. The summed E-state index contributed by atoms with van der Waals surface area (Å²) in [5.41, 5.74) is 0.488. The number of para-hydroxylation sites is 1. The van der Waals surface area contributed by atoms with Gasteiger partial charge in [0.2, 0.25) is 0 Å². The first-order valence-electron chi connectivity index (χ1n) is 5.17. The summed E-state index contributed by atoms with van der Waals surface area (Å²) in [5.74, 6) is -0.956. The molecule has 0 aliphatic heterocycles. The van der Waals surface area contributed by atoms with E-state index in [1.807, 2.05) is 13.8 Å². The summed E-state index contributed by atoms with van der Waals surface area (Å²) in [6.45, 7) is 3.90. The van der Waals surface area contributed by atoms with Crippen molar-refractivity contribution in [2.24, 2.45) is 0 Å². The van der Waals surface area contributed by atoms with Gasteiger partial charge in [0.25, 0.3) is 0 Å². The number of carboxylic acid groups (broad SMARTS) is 1. The zero-order valence-electron chi connectivity index (χ0n) is 9.53. The lowest BCUT2D eigenvalue weighted by molar-refractivity contribution is 0.0698. The van der Waals surface area contributed by atoms with Crippen molar-refractivity contribution < 1.29 is 15.0 Å². The lowest BCUT2D eigenvalue weighted by Gasteiger charge is -2.27. The highest BCUT2D eigenvalue weighted by molar-refractivity contribution is 5.94. The summed E-state index contributed by atoms with van der Waals surface area (Å²) in [7, 11) is 0. The molecule has 1 rings (SSSR count). The maximum absolute atomic E-state index is 11.0. The van der Waals surface area contributed by atoms with Crippen LogP contribution in [0, 0.1) is 0 Å². The van der Waals surface area contributed by atoms with Gasteiger partial charge < -0.3 is 15.5 Å². The normalized spacial score (nSPS) is 11.2. The van der Waals surface area contributed by atoms with Crippen molar-refractivity contribution in [3.05, 3.63) is 29.8 Å². The number of aliphatic hydroxyl groups is 1. The Balaban J connectivity index is 2.92. The van der Waals surface area contributed by atoms with E-state index in [0.29, 0.717) is 12.1 Å². The highest BCUT2D eigenvalue weighted by Gasteiger charge is 2.19. The Bertz CT molecular complexity index is 374. The fourth-order valence-corrected chi connectivity index (χ4v) is 1.49. The minimum Gasteiger partial charge on any atom is -0.478 e. The van der Waals surface area contributed by atoms with E-state index in [2.05, 4.69) is 5.32 Å². The van der Waals surface area contributed by atoms with Crippen molar-refractivity contribution in [3.8, 4) is 0 Å². The van der Waals surface area contributed by atoms with Gasteiger partial charge in [0.15, 0.2) is 0 Å². The van der Waals surface area contributed by atoms with Crippen LogP contribution >= 0.6 is 0 Å². The molecule has 0 atom stereocenters. The Morgan fingerprint density at radius 2 is 2.00 bits per heavy atom. The van der Waals surface area contributed by atoms with Crippen LogP contribution in [0.5, 0.6) is 0 Å². The molecule has 0 heterocycles. The molecular formula is C12H17NO3. The van der Waals surface area contributed by atoms with E-state index < -0.39 is 5.97 Å². The molecule has 0 unspecified atom stereocenters. The van der Waals surface area contributed by atoms with Gasteiger partial charge in [0, 0.05) is 17.8 Å². The monoisotopic (exact) mass is 223 g/mol. The Kier molecular flexibility index (Phi) is 3.90. The quantitative estimate of drug-likeness (QED) is 0.713. The number of carboxylic acids is 1. The second-order valence-electron chi connectivity index (χ2n) is 4.33. The van der Waals surface area contributed by atoms with Crippen LogP contribution in [-0.2, 0) is 0 Å².